The smallest absolute Gasteiger partial charge is 0.315 e. The number of aryl methyl sites for hydroxylation is 2. The zero-order valence-electron chi connectivity index (χ0n) is 16.0. The lowest BCUT2D eigenvalue weighted by atomic mass is 10.00. The normalized spacial score (nSPS) is 13.6. The van der Waals surface area contributed by atoms with Crippen LogP contribution in [-0.4, -0.2) is 20.8 Å². The Labute approximate surface area is 150 Å². The number of rotatable bonds is 6. The van der Waals surface area contributed by atoms with Gasteiger partial charge in [-0.05, 0) is 38.3 Å². The van der Waals surface area contributed by atoms with Crippen molar-refractivity contribution in [3.8, 4) is 0 Å². The van der Waals surface area contributed by atoms with Crippen LogP contribution in [0.3, 0.4) is 0 Å². The molecule has 2 aromatic rings. The van der Waals surface area contributed by atoms with Crippen LogP contribution in [0.1, 0.15) is 61.9 Å². The van der Waals surface area contributed by atoms with Crippen molar-refractivity contribution in [1.82, 2.24) is 25.4 Å². The molecule has 0 aliphatic heterocycles. The molecule has 0 saturated carbocycles. The molecule has 2 unspecified atom stereocenters. The van der Waals surface area contributed by atoms with Crippen LogP contribution in [0, 0.1) is 19.8 Å². The minimum atomic E-state index is -0.182. The van der Waals surface area contributed by atoms with Gasteiger partial charge < -0.3 is 10.6 Å². The van der Waals surface area contributed by atoms with Gasteiger partial charge in [-0.25, -0.2) is 4.79 Å². The zero-order chi connectivity index (χ0) is 18.6. The van der Waals surface area contributed by atoms with Gasteiger partial charge in [0.2, 0.25) is 0 Å². The van der Waals surface area contributed by atoms with Crippen LogP contribution >= 0.6 is 0 Å². The van der Waals surface area contributed by atoms with Crippen LogP contribution in [0.25, 0.3) is 0 Å². The lowest BCUT2D eigenvalue weighted by Gasteiger charge is -2.24. The van der Waals surface area contributed by atoms with Crippen LogP contribution < -0.4 is 10.6 Å². The number of aromatic nitrogens is 3. The third-order valence-electron chi connectivity index (χ3n) is 4.59. The molecule has 0 radical (unpaired) electrons. The van der Waals surface area contributed by atoms with Gasteiger partial charge in [0.25, 0.3) is 0 Å². The molecule has 2 rings (SSSR count). The fourth-order valence-electron chi connectivity index (χ4n) is 3.16. The number of nitrogens with one attached hydrogen (secondary N) is 2. The van der Waals surface area contributed by atoms with Crippen LogP contribution in [0.15, 0.2) is 24.4 Å². The van der Waals surface area contributed by atoms with Gasteiger partial charge in [0.1, 0.15) is 0 Å². The van der Waals surface area contributed by atoms with E-state index < -0.39 is 0 Å². The van der Waals surface area contributed by atoms with Gasteiger partial charge >= 0.3 is 6.03 Å². The maximum Gasteiger partial charge on any atom is 0.315 e. The highest BCUT2D eigenvalue weighted by Gasteiger charge is 2.23. The van der Waals surface area contributed by atoms with Crippen LogP contribution in [0.2, 0.25) is 0 Å². The number of amides is 2. The summed E-state index contributed by atoms with van der Waals surface area (Å²) >= 11 is 0. The van der Waals surface area contributed by atoms with Gasteiger partial charge in [-0.3, -0.25) is 9.67 Å². The lowest BCUT2D eigenvalue weighted by Crippen LogP contribution is -2.41. The molecular formula is C19H29N5O. The number of carbonyl (C=O) groups is 1. The van der Waals surface area contributed by atoms with E-state index in [-0.39, 0.29) is 24.0 Å². The largest absolute Gasteiger partial charge is 0.331 e. The zero-order valence-corrected chi connectivity index (χ0v) is 16.0. The first kappa shape index (κ1) is 19.0. The minimum Gasteiger partial charge on any atom is -0.331 e. The molecule has 25 heavy (non-hydrogen) atoms. The quantitative estimate of drug-likeness (QED) is 0.842. The molecule has 6 heteroatoms. The molecule has 2 aromatic heterocycles. The fraction of sp³-hybridized carbons (Fsp3) is 0.526. The molecule has 2 N–H and O–H groups in total. The average molecular weight is 343 g/mol. The summed E-state index contributed by atoms with van der Waals surface area (Å²) in [7, 11) is 1.93. The van der Waals surface area contributed by atoms with Crippen molar-refractivity contribution in [2.75, 3.05) is 0 Å². The molecule has 0 bridgehead atoms. The van der Waals surface area contributed by atoms with Crippen LogP contribution in [-0.2, 0) is 7.05 Å². The minimum absolute atomic E-state index is 0.0646. The third kappa shape index (κ3) is 4.38. The van der Waals surface area contributed by atoms with Crippen molar-refractivity contribution in [2.24, 2.45) is 13.0 Å². The predicted octanol–water partition coefficient (Wildman–Crippen LogP) is 3.58. The van der Waals surface area contributed by atoms with Crippen molar-refractivity contribution in [3.05, 3.63) is 47.0 Å². The molecule has 136 valence electrons. The van der Waals surface area contributed by atoms with Crippen molar-refractivity contribution >= 4 is 6.03 Å². The number of hydrogen-bond acceptors (Lipinski definition) is 3. The predicted molar refractivity (Wildman–Crippen MR) is 99.2 cm³/mol. The second-order valence-electron chi connectivity index (χ2n) is 6.76. The maximum atomic E-state index is 12.6. The van der Waals surface area contributed by atoms with Gasteiger partial charge in [-0.2, -0.15) is 5.10 Å². The van der Waals surface area contributed by atoms with Crippen LogP contribution in [0.5, 0.6) is 0 Å². The molecule has 0 saturated heterocycles. The summed E-state index contributed by atoms with van der Waals surface area (Å²) < 4.78 is 1.86. The Morgan fingerprint density at radius 1 is 1.24 bits per heavy atom. The number of pyridine rings is 1. The summed E-state index contributed by atoms with van der Waals surface area (Å²) in [4.78, 5) is 17.0. The van der Waals surface area contributed by atoms with Crippen LogP contribution in [0.4, 0.5) is 4.79 Å². The summed E-state index contributed by atoms with van der Waals surface area (Å²) in [6.07, 6.45) is 2.55. The number of hydrogen-bond donors (Lipinski definition) is 2. The molecule has 0 aliphatic carbocycles. The van der Waals surface area contributed by atoms with Gasteiger partial charge in [-0.15, -0.1) is 0 Å². The molecule has 0 aromatic carbocycles. The summed E-state index contributed by atoms with van der Waals surface area (Å²) in [6.45, 7) is 10.2. The molecular weight excluding hydrogens is 314 g/mol. The Morgan fingerprint density at radius 2 is 1.96 bits per heavy atom. The topological polar surface area (TPSA) is 71.8 Å². The van der Waals surface area contributed by atoms with E-state index in [4.69, 9.17) is 0 Å². The first-order chi connectivity index (χ1) is 11.8. The van der Waals surface area contributed by atoms with Crippen molar-refractivity contribution in [2.45, 2.75) is 53.1 Å². The monoisotopic (exact) mass is 343 g/mol. The number of nitrogens with zero attached hydrogens (tertiary/aromatic N) is 3. The highest BCUT2D eigenvalue weighted by Crippen LogP contribution is 2.24. The Bertz CT molecular complexity index is 708. The maximum absolute atomic E-state index is 12.6. The van der Waals surface area contributed by atoms with Crippen molar-refractivity contribution in [1.29, 1.82) is 0 Å². The van der Waals surface area contributed by atoms with E-state index in [0.717, 1.165) is 29.1 Å². The molecule has 2 atom stereocenters. The summed E-state index contributed by atoms with van der Waals surface area (Å²) in [6, 6.07) is 5.38. The summed E-state index contributed by atoms with van der Waals surface area (Å²) in [5.41, 5.74) is 4.00. The van der Waals surface area contributed by atoms with E-state index in [0.29, 0.717) is 0 Å². The van der Waals surface area contributed by atoms with Gasteiger partial charge in [0, 0.05) is 24.5 Å². The van der Waals surface area contributed by atoms with E-state index in [9.17, 15) is 4.79 Å². The van der Waals surface area contributed by atoms with E-state index in [1.54, 1.807) is 6.20 Å². The molecule has 6 nitrogen and oxygen atoms in total. The lowest BCUT2D eigenvalue weighted by molar-refractivity contribution is 0.228. The molecule has 0 spiro atoms. The SMILES string of the molecule is CCC(NC(=O)NC(c1ccccn1)C(C)C)c1c(C)nn(C)c1C. The molecule has 0 aliphatic rings. The third-order valence-corrected chi connectivity index (χ3v) is 4.59. The first-order valence-corrected chi connectivity index (χ1v) is 8.83. The van der Waals surface area contributed by atoms with Crippen molar-refractivity contribution < 1.29 is 4.79 Å². The fourth-order valence-corrected chi connectivity index (χ4v) is 3.16. The summed E-state index contributed by atoms with van der Waals surface area (Å²) in [5, 5.41) is 10.6. The average Bonchev–Trinajstić information content (AvgIpc) is 2.83. The van der Waals surface area contributed by atoms with Gasteiger partial charge in [-0.1, -0.05) is 26.8 Å². The first-order valence-electron chi connectivity index (χ1n) is 8.83. The Kier molecular flexibility index (Phi) is 6.17. The van der Waals surface area contributed by atoms with E-state index in [2.05, 4.69) is 41.5 Å². The molecule has 2 amide bonds. The van der Waals surface area contributed by atoms with E-state index >= 15 is 0 Å². The second kappa shape index (κ2) is 8.14. The van der Waals surface area contributed by atoms with Gasteiger partial charge in [0.05, 0.1) is 23.5 Å². The molecule has 2 heterocycles. The highest BCUT2D eigenvalue weighted by molar-refractivity contribution is 5.75. The Balaban J connectivity index is 2.14. The van der Waals surface area contributed by atoms with E-state index in [1.807, 2.05) is 43.8 Å². The Hall–Kier alpha value is -2.37. The van der Waals surface area contributed by atoms with Gasteiger partial charge in [0.15, 0.2) is 0 Å². The summed E-state index contributed by atoms with van der Waals surface area (Å²) in [5.74, 6) is 0.239. The second-order valence-corrected chi connectivity index (χ2v) is 6.76. The standard InChI is InChI=1S/C19H29N5O/c1-7-15(17-13(4)23-24(6)14(17)5)21-19(25)22-18(12(2)3)16-10-8-9-11-20-16/h8-12,15,18H,7H2,1-6H3,(H2,21,22,25). The molecule has 0 fully saturated rings. The number of urea groups is 1. The number of carbonyl (C=O) groups excluding carboxylic acids is 1. The van der Waals surface area contributed by atoms with E-state index in [1.165, 1.54) is 0 Å². The Morgan fingerprint density at radius 3 is 2.44 bits per heavy atom. The highest BCUT2D eigenvalue weighted by atomic mass is 16.2. The van der Waals surface area contributed by atoms with Crippen molar-refractivity contribution in [3.63, 3.8) is 0 Å².